The maximum absolute atomic E-state index is 10.9. The van der Waals surface area contributed by atoms with Crippen molar-refractivity contribution >= 4 is 5.69 Å². The van der Waals surface area contributed by atoms with E-state index in [1.54, 1.807) is 12.1 Å². The van der Waals surface area contributed by atoms with E-state index in [9.17, 15) is 20.2 Å². The van der Waals surface area contributed by atoms with Crippen molar-refractivity contribution in [1.29, 1.82) is 10.5 Å². The second-order valence-electron chi connectivity index (χ2n) is 3.67. The minimum absolute atomic E-state index is 0.0253. The zero-order valence-corrected chi connectivity index (χ0v) is 9.59. The van der Waals surface area contributed by atoms with Crippen LogP contribution in [-0.4, -0.2) is 16.4 Å². The third-order valence-electron chi connectivity index (χ3n) is 2.56. The molecule has 0 aliphatic rings. The summed E-state index contributed by atoms with van der Waals surface area (Å²) in [4.78, 5) is 20.1. The predicted octanol–water partition coefficient (Wildman–Crippen LogP) is 1.62. The minimum Gasteiger partial charge on any atom is -0.265 e. The standard InChI is InChI=1S/C11H8N4O4/c12-5-8(6-13)10(7-14(16)17)9-3-1-2-4-11(9)15(18)19/h1-4,8,10H,7H2. The van der Waals surface area contributed by atoms with Crippen molar-refractivity contribution in [2.24, 2.45) is 5.92 Å². The first-order valence-corrected chi connectivity index (χ1v) is 5.15. The summed E-state index contributed by atoms with van der Waals surface area (Å²) in [5, 5.41) is 39.2. The second kappa shape index (κ2) is 6.07. The van der Waals surface area contributed by atoms with Crippen LogP contribution in [0.3, 0.4) is 0 Å². The predicted molar refractivity (Wildman–Crippen MR) is 62.4 cm³/mol. The Bertz CT molecular complexity index is 573. The summed E-state index contributed by atoms with van der Waals surface area (Å²) in [5.74, 6) is -2.45. The smallest absolute Gasteiger partial charge is 0.265 e. The highest BCUT2D eigenvalue weighted by Crippen LogP contribution is 2.31. The minimum atomic E-state index is -1.31. The van der Waals surface area contributed by atoms with E-state index in [0.717, 1.165) is 0 Å². The number of nitro benzene ring substituents is 1. The van der Waals surface area contributed by atoms with Crippen LogP contribution in [0.5, 0.6) is 0 Å². The molecule has 1 atom stereocenters. The van der Waals surface area contributed by atoms with Gasteiger partial charge in [0.25, 0.3) is 5.69 Å². The van der Waals surface area contributed by atoms with Gasteiger partial charge in [-0.25, -0.2) is 0 Å². The molecular weight excluding hydrogens is 252 g/mol. The molecule has 0 aliphatic heterocycles. The molecule has 0 N–H and O–H groups in total. The largest absolute Gasteiger partial charge is 0.273 e. The monoisotopic (exact) mass is 260 g/mol. The first-order chi connectivity index (χ1) is 9.01. The lowest BCUT2D eigenvalue weighted by Gasteiger charge is -2.13. The Balaban J connectivity index is 3.34. The number of benzene rings is 1. The maximum Gasteiger partial charge on any atom is 0.273 e. The zero-order valence-electron chi connectivity index (χ0n) is 9.59. The Labute approximate surface area is 107 Å². The van der Waals surface area contributed by atoms with Crippen molar-refractivity contribution in [3.8, 4) is 12.1 Å². The van der Waals surface area contributed by atoms with Crippen molar-refractivity contribution in [3.63, 3.8) is 0 Å². The second-order valence-corrected chi connectivity index (χ2v) is 3.67. The molecule has 0 fully saturated rings. The summed E-state index contributed by atoms with van der Waals surface area (Å²) in [6.45, 7) is -0.712. The fourth-order valence-electron chi connectivity index (χ4n) is 1.72. The summed E-state index contributed by atoms with van der Waals surface area (Å²) < 4.78 is 0. The molecule has 8 heteroatoms. The van der Waals surface area contributed by atoms with Gasteiger partial charge in [-0.1, -0.05) is 18.2 Å². The molecule has 0 amide bonds. The molecule has 0 spiro atoms. The van der Waals surface area contributed by atoms with Gasteiger partial charge in [0.15, 0.2) is 0 Å². The van der Waals surface area contributed by atoms with Crippen molar-refractivity contribution in [2.45, 2.75) is 5.92 Å². The molecule has 96 valence electrons. The van der Waals surface area contributed by atoms with Crippen LogP contribution in [0.1, 0.15) is 11.5 Å². The Kier molecular flexibility index (Phi) is 4.50. The first-order valence-electron chi connectivity index (χ1n) is 5.15. The number of nitriles is 2. The Morgan fingerprint density at radius 2 is 1.74 bits per heavy atom. The fraction of sp³-hybridized carbons (Fsp3) is 0.273. The van der Waals surface area contributed by atoms with Crippen molar-refractivity contribution in [3.05, 3.63) is 50.1 Å². The van der Waals surface area contributed by atoms with E-state index in [1.165, 1.54) is 24.3 Å². The summed E-state index contributed by atoms with van der Waals surface area (Å²) in [5.41, 5.74) is -0.304. The van der Waals surface area contributed by atoms with Crippen LogP contribution in [0, 0.1) is 48.8 Å². The zero-order chi connectivity index (χ0) is 14.4. The van der Waals surface area contributed by atoms with Crippen LogP contribution in [0.2, 0.25) is 0 Å². The molecule has 0 saturated carbocycles. The van der Waals surface area contributed by atoms with Crippen LogP contribution in [0.25, 0.3) is 0 Å². The number of nitrogens with zero attached hydrogens (tertiary/aromatic N) is 4. The Morgan fingerprint density at radius 1 is 1.16 bits per heavy atom. The van der Waals surface area contributed by atoms with Crippen molar-refractivity contribution in [2.75, 3.05) is 6.54 Å². The lowest BCUT2D eigenvalue weighted by Crippen LogP contribution is -2.20. The van der Waals surface area contributed by atoms with Gasteiger partial charge in [0.05, 0.1) is 23.0 Å². The van der Waals surface area contributed by atoms with Gasteiger partial charge in [0.2, 0.25) is 6.54 Å². The average Bonchev–Trinajstić information content (AvgIpc) is 2.38. The molecule has 1 aromatic carbocycles. The quantitative estimate of drug-likeness (QED) is 0.583. The topological polar surface area (TPSA) is 134 Å². The highest BCUT2D eigenvalue weighted by Gasteiger charge is 2.33. The average molecular weight is 260 g/mol. The van der Waals surface area contributed by atoms with Gasteiger partial charge < -0.3 is 0 Å². The molecule has 0 heterocycles. The fourth-order valence-corrected chi connectivity index (χ4v) is 1.72. The molecule has 0 aromatic heterocycles. The molecule has 1 unspecified atom stereocenters. The van der Waals surface area contributed by atoms with Gasteiger partial charge in [0, 0.05) is 16.6 Å². The van der Waals surface area contributed by atoms with Crippen molar-refractivity contribution < 1.29 is 9.85 Å². The third kappa shape index (κ3) is 3.23. The Hall–Kier alpha value is -3.00. The van der Waals surface area contributed by atoms with Crippen LogP contribution in [-0.2, 0) is 0 Å². The third-order valence-corrected chi connectivity index (χ3v) is 2.56. The van der Waals surface area contributed by atoms with E-state index < -0.39 is 28.2 Å². The van der Waals surface area contributed by atoms with Crippen molar-refractivity contribution in [1.82, 2.24) is 0 Å². The molecule has 0 saturated heterocycles. The highest BCUT2D eigenvalue weighted by atomic mass is 16.6. The van der Waals surface area contributed by atoms with Gasteiger partial charge in [-0.15, -0.1) is 0 Å². The van der Waals surface area contributed by atoms with E-state index in [2.05, 4.69) is 0 Å². The maximum atomic E-state index is 10.9. The molecule has 1 rings (SSSR count). The summed E-state index contributed by atoms with van der Waals surface area (Å²) >= 11 is 0. The lowest BCUT2D eigenvalue weighted by atomic mass is 9.87. The van der Waals surface area contributed by atoms with Gasteiger partial charge in [-0.05, 0) is 0 Å². The van der Waals surface area contributed by atoms with Gasteiger partial charge in [-0.2, -0.15) is 10.5 Å². The van der Waals surface area contributed by atoms with Gasteiger partial charge in [-0.3, -0.25) is 20.2 Å². The van der Waals surface area contributed by atoms with E-state index in [0.29, 0.717) is 0 Å². The van der Waals surface area contributed by atoms with Gasteiger partial charge in [0.1, 0.15) is 5.92 Å². The normalized spacial score (nSPS) is 11.3. The summed E-state index contributed by atoms with van der Waals surface area (Å²) in [7, 11) is 0. The lowest BCUT2D eigenvalue weighted by molar-refractivity contribution is -0.484. The van der Waals surface area contributed by atoms with Crippen LogP contribution in [0.15, 0.2) is 24.3 Å². The van der Waals surface area contributed by atoms with Crippen LogP contribution in [0.4, 0.5) is 5.69 Å². The van der Waals surface area contributed by atoms with E-state index in [1.807, 2.05) is 0 Å². The molecule has 19 heavy (non-hydrogen) atoms. The molecule has 0 bridgehead atoms. The number of para-hydroxylation sites is 1. The number of nitro groups is 2. The summed E-state index contributed by atoms with van der Waals surface area (Å²) in [6, 6.07) is 8.67. The highest BCUT2D eigenvalue weighted by molar-refractivity contribution is 5.44. The number of hydrogen-bond acceptors (Lipinski definition) is 6. The Morgan fingerprint density at radius 3 is 2.21 bits per heavy atom. The van der Waals surface area contributed by atoms with Crippen LogP contribution >= 0.6 is 0 Å². The van der Waals surface area contributed by atoms with E-state index >= 15 is 0 Å². The van der Waals surface area contributed by atoms with Crippen LogP contribution < -0.4 is 0 Å². The van der Waals surface area contributed by atoms with E-state index in [4.69, 9.17) is 10.5 Å². The molecule has 0 aliphatic carbocycles. The first kappa shape index (κ1) is 14.1. The molecular formula is C11H8N4O4. The summed E-state index contributed by atoms with van der Waals surface area (Å²) in [6.07, 6.45) is 0. The number of rotatable bonds is 5. The van der Waals surface area contributed by atoms with Gasteiger partial charge >= 0.3 is 0 Å². The molecule has 1 aromatic rings. The molecule has 0 radical (unpaired) electrons. The number of hydrogen-bond donors (Lipinski definition) is 0. The SMILES string of the molecule is N#CC(C#N)C(C[N+](=O)[O-])c1ccccc1[N+](=O)[O-]. The molecule has 8 nitrogen and oxygen atoms in total. The van der Waals surface area contributed by atoms with E-state index in [-0.39, 0.29) is 11.3 Å².